The van der Waals surface area contributed by atoms with Gasteiger partial charge in [0.25, 0.3) is 0 Å². The lowest BCUT2D eigenvalue weighted by molar-refractivity contribution is -0.138. The quantitative estimate of drug-likeness (QED) is 0.0665. The normalized spacial score (nSPS) is 12.0. The standard InChI is InChI=1S/C60H42N8O8/c69-49(70)13-5-29-1-9-33-21-41-45(25-37(33)17-29)57-61-53(41)65-58-46-26-38-18-30(6-14-50(71)72)2-10-34(38)22-42(46)55(62-58)67-60-48-28-40-20-32(8-16-52(75)76)4-12-36(40)24-44(48)56(64-60)68-59-47-27-39-19-31(7-15-51(73)74)3-11-35(39)23-43(47)54(63-59)66-57/h1-4,9-12,17-28H,5-8,13-16H2,(H,69,70)(H,71,72)(H,73,74)(H,75,76)(H2,61,62,63,64,65,66,67,68). The third-order valence-electron chi connectivity index (χ3n) is 14.4. The Balaban J connectivity index is 1.13. The first-order valence-electron chi connectivity index (χ1n) is 24.8. The number of hydrogen-bond donors (Lipinski definition) is 6. The fraction of sp³-hybridized carbons (Fsp3) is 0.133. The third kappa shape index (κ3) is 8.40. The molecule has 0 fully saturated rings. The average molecular weight is 1000 g/mol. The van der Waals surface area contributed by atoms with E-state index in [1.165, 1.54) is 0 Å². The van der Waals surface area contributed by atoms with Gasteiger partial charge in [-0.25, -0.2) is 29.9 Å². The summed E-state index contributed by atoms with van der Waals surface area (Å²) in [5.74, 6) is -2.01. The molecule has 5 heterocycles. The Labute approximate surface area is 429 Å². The highest BCUT2D eigenvalue weighted by atomic mass is 16.4. The van der Waals surface area contributed by atoms with Gasteiger partial charge in [0.15, 0.2) is 23.3 Å². The van der Waals surface area contributed by atoms with Crippen molar-refractivity contribution in [3.05, 3.63) is 144 Å². The average Bonchev–Trinajstić information content (AvgIpc) is 4.14. The van der Waals surface area contributed by atoms with Gasteiger partial charge in [-0.05, 0) is 140 Å². The number of hydrogen-bond acceptors (Lipinski definition) is 10. The third-order valence-corrected chi connectivity index (χ3v) is 14.4. The van der Waals surface area contributed by atoms with Crippen LogP contribution in [0.5, 0.6) is 0 Å². The van der Waals surface area contributed by atoms with Crippen molar-refractivity contribution in [2.24, 2.45) is 0 Å². The Kier molecular flexibility index (Phi) is 10.8. The fourth-order valence-corrected chi connectivity index (χ4v) is 10.6. The van der Waals surface area contributed by atoms with Gasteiger partial charge in [-0.1, -0.05) is 72.8 Å². The highest BCUT2D eigenvalue weighted by Crippen LogP contribution is 2.41. The van der Waals surface area contributed by atoms with Gasteiger partial charge in [0.1, 0.15) is 22.6 Å². The van der Waals surface area contributed by atoms with Crippen LogP contribution in [0.1, 0.15) is 47.9 Å². The number of benzene rings is 8. The van der Waals surface area contributed by atoms with Gasteiger partial charge < -0.3 is 30.4 Å². The fourth-order valence-electron chi connectivity index (χ4n) is 10.6. The minimum atomic E-state index is -0.880. The molecule has 6 N–H and O–H groups in total. The summed E-state index contributed by atoms with van der Waals surface area (Å²) in [4.78, 5) is 84.9. The number of carbonyl (C=O) groups is 4. The molecule has 16 nitrogen and oxygen atoms in total. The van der Waals surface area contributed by atoms with E-state index >= 15 is 0 Å². The zero-order chi connectivity index (χ0) is 51.9. The molecule has 0 atom stereocenters. The largest absolute Gasteiger partial charge is 0.481 e. The van der Waals surface area contributed by atoms with E-state index in [0.717, 1.165) is 98.0 Å². The number of nitrogens with one attached hydrogen (secondary N) is 2. The van der Waals surface area contributed by atoms with Gasteiger partial charge >= 0.3 is 23.9 Å². The van der Waals surface area contributed by atoms with Gasteiger partial charge in [-0.2, -0.15) is 0 Å². The summed E-state index contributed by atoms with van der Waals surface area (Å²) in [6.45, 7) is 0. The number of aryl methyl sites for hydroxylation is 4. The Morgan fingerprint density at radius 1 is 0.303 bits per heavy atom. The summed E-state index contributed by atoms with van der Waals surface area (Å²) >= 11 is 0. The van der Waals surface area contributed by atoms with Crippen molar-refractivity contribution < 1.29 is 39.6 Å². The number of rotatable bonds is 12. The first-order chi connectivity index (χ1) is 36.8. The molecule has 2 aliphatic rings. The molecule has 3 aromatic heterocycles. The lowest BCUT2D eigenvalue weighted by atomic mass is 9.98. The van der Waals surface area contributed by atoms with Crippen molar-refractivity contribution >= 4 is 111 Å². The van der Waals surface area contributed by atoms with Crippen LogP contribution in [0.15, 0.2) is 121 Å². The highest BCUT2D eigenvalue weighted by Gasteiger charge is 2.25. The summed E-state index contributed by atoms with van der Waals surface area (Å²) in [5.41, 5.74) is 8.21. The van der Waals surface area contributed by atoms with E-state index in [1.807, 2.05) is 121 Å². The summed E-state index contributed by atoms with van der Waals surface area (Å²) in [7, 11) is 0. The first kappa shape index (κ1) is 45.9. The van der Waals surface area contributed by atoms with Crippen LogP contribution >= 0.6 is 0 Å². The Hall–Kier alpha value is -9.96. The number of fused-ring (bicyclic) bond motifs is 24. The van der Waals surface area contributed by atoms with E-state index in [2.05, 4.69) is 9.97 Å². The molecule has 0 spiro atoms. The Morgan fingerprint density at radius 2 is 0.539 bits per heavy atom. The van der Waals surface area contributed by atoms with Crippen LogP contribution in [0.25, 0.3) is 133 Å². The smallest absolute Gasteiger partial charge is 0.303 e. The zero-order valence-corrected chi connectivity index (χ0v) is 40.3. The maximum atomic E-state index is 11.6. The predicted molar refractivity (Wildman–Crippen MR) is 290 cm³/mol. The van der Waals surface area contributed by atoms with Gasteiger partial charge in [0.05, 0.1) is 0 Å². The summed E-state index contributed by atoms with van der Waals surface area (Å²) in [6, 6.07) is 39.8. The maximum Gasteiger partial charge on any atom is 0.303 e. The van der Waals surface area contributed by atoms with Gasteiger partial charge in [0, 0.05) is 69.5 Å². The molecule has 0 unspecified atom stereocenters. The summed E-state index contributed by atoms with van der Waals surface area (Å²) in [6.07, 6.45) is 1.40. The molecule has 0 saturated carbocycles. The second-order valence-electron chi connectivity index (χ2n) is 19.5. The molecule has 16 heteroatoms. The second kappa shape index (κ2) is 17.9. The van der Waals surface area contributed by atoms with Crippen LogP contribution in [-0.2, 0) is 44.9 Å². The van der Waals surface area contributed by atoms with E-state index in [-0.39, 0.29) is 25.7 Å². The minimum absolute atomic E-state index is 0.0100. The number of carboxylic acids is 4. The molecular weight excluding hydrogens is 961 g/mol. The van der Waals surface area contributed by atoms with Crippen LogP contribution in [0.4, 0.5) is 0 Å². The minimum Gasteiger partial charge on any atom is -0.481 e. The van der Waals surface area contributed by atoms with Crippen molar-refractivity contribution in [3.8, 4) is 45.6 Å². The Morgan fingerprint density at radius 3 is 0.816 bits per heavy atom. The summed E-state index contributed by atoms with van der Waals surface area (Å²) in [5, 5.41) is 48.0. The number of nitrogens with zero attached hydrogens (tertiary/aromatic N) is 6. The summed E-state index contributed by atoms with van der Waals surface area (Å²) < 4.78 is 0. The molecule has 0 saturated heterocycles. The second-order valence-corrected chi connectivity index (χ2v) is 19.5. The molecular formula is C60H42N8O8. The monoisotopic (exact) mass is 1000 g/mol. The molecule has 2 aliphatic heterocycles. The van der Waals surface area contributed by atoms with Gasteiger partial charge in [-0.15, -0.1) is 0 Å². The molecule has 370 valence electrons. The van der Waals surface area contributed by atoms with Crippen molar-refractivity contribution in [2.75, 3.05) is 0 Å². The Bertz CT molecular complexity index is 4290. The van der Waals surface area contributed by atoms with Crippen molar-refractivity contribution in [1.82, 2.24) is 39.9 Å². The van der Waals surface area contributed by atoms with E-state index in [9.17, 15) is 39.6 Å². The van der Waals surface area contributed by atoms with Gasteiger partial charge in [0.2, 0.25) is 0 Å². The van der Waals surface area contributed by atoms with Crippen molar-refractivity contribution in [1.29, 1.82) is 0 Å². The molecule has 0 amide bonds. The lowest BCUT2D eigenvalue weighted by Crippen LogP contribution is -1.97. The van der Waals surface area contributed by atoms with E-state index in [1.54, 1.807) is 0 Å². The van der Waals surface area contributed by atoms with Crippen LogP contribution in [0.2, 0.25) is 0 Å². The number of H-pyrrole nitrogens is 2. The van der Waals surface area contributed by atoms with Crippen LogP contribution in [-0.4, -0.2) is 84.2 Å². The molecule has 0 radical (unpaired) electrons. The topological polar surface area (TPSA) is 258 Å². The maximum absolute atomic E-state index is 11.6. The highest BCUT2D eigenvalue weighted by molar-refractivity contribution is 6.13. The molecule has 8 bridgehead atoms. The van der Waals surface area contributed by atoms with Crippen LogP contribution in [0.3, 0.4) is 0 Å². The van der Waals surface area contributed by atoms with E-state index < -0.39 is 23.9 Å². The molecule has 11 aromatic rings. The molecule has 76 heavy (non-hydrogen) atoms. The molecule has 13 rings (SSSR count). The number of aliphatic carboxylic acids is 4. The van der Waals surface area contributed by atoms with Crippen LogP contribution < -0.4 is 0 Å². The van der Waals surface area contributed by atoms with Crippen LogP contribution in [0, 0.1) is 0 Å². The van der Waals surface area contributed by atoms with Crippen molar-refractivity contribution in [2.45, 2.75) is 51.4 Å². The SMILES string of the molecule is O=C(O)CCc1ccc2cc3c(cc2c1)-c1nc-3nc2[nH]c(nc3nc(nc4[nH]c(n1)c1cc5ccc(CCC(=O)O)cc5cc41)-c1cc4ccc(CCC(=O)O)cc4cc1-3)c1cc3ccc(CCC(=O)O)cc3cc21. The number of aromatic amines is 2. The van der Waals surface area contributed by atoms with Gasteiger partial charge in [-0.3, -0.25) is 19.2 Å². The molecule has 8 aromatic carbocycles. The first-order valence-corrected chi connectivity index (χ1v) is 24.8. The number of aromatic nitrogens is 8. The van der Waals surface area contributed by atoms with E-state index in [4.69, 9.17) is 29.9 Å². The number of carboxylic acid groups (broad SMARTS) is 4. The molecule has 0 aliphatic carbocycles. The lowest BCUT2D eigenvalue weighted by Gasteiger charge is -2.06. The predicted octanol–water partition coefficient (Wildman–Crippen LogP) is 11.6. The van der Waals surface area contributed by atoms with Crippen molar-refractivity contribution in [3.63, 3.8) is 0 Å². The zero-order valence-electron chi connectivity index (χ0n) is 40.3. The van der Waals surface area contributed by atoms with E-state index in [0.29, 0.717) is 82.7 Å².